The van der Waals surface area contributed by atoms with Crippen molar-refractivity contribution in [1.82, 2.24) is 9.88 Å². The third kappa shape index (κ3) is 3.01. The highest BCUT2D eigenvalue weighted by Crippen LogP contribution is 2.31. The summed E-state index contributed by atoms with van der Waals surface area (Å²) in [7, 11) is 0. The standard InChI is InChI=1S/C17H14N2O5S/c20-16(19-7-8-23-13(9-19)17(21)22)12-6-5-11(24-12)15-18-10-3-1-2-4-14(10)25-15/h1-6,13H,7-9H2,(H,21,22)/t13-/m0/s1. The number of carboxylic acid groups (broad SMARTS) is 1. The van der Waals surface area contributed by atoms with E-state index in [4.69, 9.17) is 14.3 Å². The van der Waals surface area contributed by atoms with Crippen LogP contribution in [0.2, 0.25) is 0 Å². The summed E-state index contributed by atoms with van der Waals surface area (Å²) in [5, 5.41) is 9.74. The Hall–Kier alpha value is -2.71. The molecule has 7 nitrogen and oxygen atoms in total. The predicted octanol–water partition coefficient (Wildman–Crippen LogP) is 2.48. The molecule has 0 radical (unpaired) electrons. The number of aromatic nitrogens is 1. The number of aliphatic carboxylic acids is 1. The Bertz CT molecular complexity index is 914. The molecule has 25 heavy (non-hydrogen) atoms. The number of ether oxygens (including phenoxy) is 1. The summed E-state index contributed by atoms with van der Waals surface area (Å²) in [6.07, 6.45) is -1.00. The third-order valence-electron chi connectivity index (χ3n) is 3.95. The first-order chi connectivity index (χ1) is 12.1. The number of hydrogen-bond donors (Lipinski definition) is 1. The van der Waals surface area contributed by atoms with E-state index in [-0.39, 0.29) is 24.8 Å². The number of nitrogens with zero attached hydrogens (tertiary/aromatic N) is 2. The van der Waals surface area contributed by atoms with Gasteiger partial charge in [0.25, 0.3) is 5.91 Å². The molecule has 1 saturated heterocycles. The summed E-state index contributed by atoms with van der Waals surface area (Å²) in [5.41, 5.74) is 0.879. The lowest BCUT2D eigenvalue weighted by molar-refractivity contribution is -0.154. The fourth-order valence-corrected chi connectivity index (χ4v) is 3.61. The second-order valence-electron chi connectivity index (χ2n) is 5.60. The Morgan fingerprint density at radius 1 is 1.24 bits per heavy atom. The van der Waals surface area contributed by atoms with Crippen LogP contribution in [0.1, 0.15) is 10.6 Å². The van der Waals surface area contributed by atoms with Crippen LogP contribution in [0.5, 0.6) is 0 Å². The van der Waals surface area contributed by atoms with Crippen molar-refractivity contribution in [3.63, 3.8) is 0 Å². The van der Waals surface area contributed by atoms with E-state index in [0.29, 0.717) is 17.3 Å². The Kier molecular flexibility index (Phi) is 3.98. The largest absolute Gasteiger partial charge is 0.479 e. The number of fused-ring (bicyclic) bond motifs is 1. The molecule has 3 aromatic rings. The van der Waals surface area contributed by atoms with Crippen LogP contribution in [0.4, 0.5) is 0 Å². The highest BCUT2D eigenvalue weighted by Gasteiger charge is 2.30. The van der Waals surface area contributed by atoms with Crippen LogP contribution < -0.4 is 0 Å². The van der Waals surface area contributed by atoms with E-state index >= 15 is 0 Å². The number of rotatable bonds is 3. The van der Waals surface area contributed by atoms with Crippen molar-refractivity contribution in [1.29, 1.82) is 0 Å². The van der Waals surface area contributed by atoms with Crippen molar-refractivity contribution >= 4 is 33.4 Å². The number of hydrogen-bond acceptors (Lipinski definition) is 6. The molecule has 1 amide bonds. The van der Waals surface area contributed by atoms with Gasteiger partial charge in [0, 0.05) is 6.54 Å². The summed E-state index contributed by atoms with van der Waals surface area (Å²) in [5.74, 6) is -0.734. The van der Waals surface area contributed by atoms with Gasteiger partial charge in [-0.3, -0.25) is 4.79 Å². The van der Waals surface area contributed by atoms with Crippen molar-refractivity contribution in [3.8, 4) is 10.8 Å². The molecule has 1 atom stereocenters. The van der Waals surface area contributed by atoms with Gasteiger partial charge >= 0.3 is 5.97 Å². The van der Waals surface area contributed by atoms with Crippen LogP contribution in [0.3, 0.4) is 0 Å². The number of amides is 1. The van der Waals surface area contributed by atoms with E-state index < -0.39 is 12.1 Å². The lowest BCUT2D eigenvalue weighted by Crippen LogP contribution is -2.48. The van der Waals surface area contributed by atoms with Gasteiger partial charge < -0.3 is 19.2 Å². The maximum Gasteiger partial charge on any atom is 0.334 e. The first kappa shape index (κ1) is 15.8. The minimum absolute atomic E-state index is 0.00530. The maximum atomic E-state index is 12.6. The van der Waals surface area contributed by atoms with Crippen LogP contribution in [0.25, 0.3) is 21.0 Å². The van der Waals surface area contributed by atoms with Gasteiger partial charge in [-0.2, -0.15) is 0 Å². The highest BCUT2D eigenvalue weighted by molar-refractivity contribution is 7.21. The van der Waals surface area contributed by atoms with Crippen molar-refractivity contribution in [2.75, 3.05) is 19.7 Å². The van der Waals surface area contributed by atoms with Crippen molar-refractivity contribution in [2.24, 2.45) is 0 Å². The van der Waals surface area contributed by atoms with Crippen LogP contribution in [0.15, 0.2) is 40.8 Å². The average Bonchev–Trinajstić information content (AvgIpc) is 3.27. The number of morpholine rings is 1. The number of furan rings is 1. The molecule has 4 rings (SSSR count). The number of benzene rings is 1. The molecule has 0 spiro atoms. The molecule has 1 N–H and O–H groups in total. The fraction of sp³-hybridized carbons (Fsp3) is 0.235. The predicted molar refractivity (Wildman–Crippen MR) is 90.6 cm³/mol. The number of thiazole rings is 1. The quantitative estimate of drug-likeness (QED) is 0.773. The molecule has 1 aromatic carbocycles. The minimum Gasteiger partial charge on any atom is -0.479 e. The first-order valence-electron chi connectivity index (χ1n) is 7.71. The number of carboxylic acids is 1. The third-order valence-corrected chi connectivity index (χ3v) is 5.00. The topological polar surface area (TPSA) is 92.9 Å². The summed E-state index contributed by atoms with van der Waals surface area (Å²) in [6, 6.07) is 11.1. The van der Waals surface area contributed by atoms with Gasteiger partial charge in [-0.25, -0.2) is 9.78 Å². The second-order valence-corrected chi connectivity index (χ2v) is 6.63. The summed E-state index contributed by atoms with van der Waals surface area (Å²) in [6.45, 7) is 0.527. The number of carbonyl (C=O) groups is 2. The van der Waals surface area contributed by atoms with E-state index in [0.717, 1.165) is 10.2 Å². The van der Waals surface area contributed by atoms with Gasteiger partial charge in [-0.15, -0.1) is 11.3 Å². The SMILES string of the molecule is O=C(O)[C@@H]1CN(C(=O)c2ccc(-c3nc4ccccc4s3)o2)CCO1. The molecule has 1 aliphatic heterocycles. The molecule has 0 unspecified atom stereocenters. The van der Waals surface area contributed by atoms with Gasteiger partial charge in [0.15, 0.2) is 22.6 Å². The van der Waals surface area contributed by atoms with Crippen LogP contribution >= 0.6 is 11.3 Å². The zero-order chi connectivity index (χ0) is 17.4. The Morgan fingerprint density at radius 2 is 2.08 bits per heavy atom. The molecule has 8 heteroatoms. The summed E-state index contributed by atoms with van der Waals surface area (Å²) >= 11 is 1.49. The van der Waals surface area contributed by atoms with E-state index in [1.807, 2.05) is 24.3 Å². The van der Waals surface area contributed by atoms with Gasteiger partial charge in [0.1, 0.15) is 0 Å². The zero-order valence-corrected chi connectivity index (χ0v) is 13.9. The smallest absolute Gasteiger partial charge is 0.334 e. The van der Waals surface area contributed by atoms with Crippen molar-refractivity contribution in [3.05, 3.63) is 42.2 Å². The van der Waals surface area contributed by atoms with E-state index in [1.165, 1.54) is 16.2 Å². The number of carbonyl (C=O) groups excluding carboxylic acids is 1. The Balaban J connectivity index is 1.56. The minimum atomic E-state index is -1.08. The van der Waals surface area contributed by atoms with E-state index in [1.54, 1.807) is 12.1 Å². The van der Waals surface area contributed by atoms with Gasteiger partial charge in [-0.1, -0.05) is 12.1 Å². The molecule has 2 aromatic heterocycles. The van der Waals surface area contributed by atoms with Crippen molar-refractivity contribution in [2.45, 2.75) is 6.10 Å². The molecular formula is C17H14N2O5S. The molecule has 3 heterocycles. The maximum absolute atomic E-state index is 12.6. The van der Waals surface area contributed by atoms with Crippen molar-refractivity contribution < 1.29 is 23.8 Å². The summed E-state index contributed by atoms with van der Waals surface area (Å²) in [4.78, 5) is 29.5. The molecular weight excluding hydrogens is 344 g/mol. The van der Waals surface area contributed by atoms with Gasteiger partial charge in [-0.05, 0) is 24.3 Å². The normalized spacial score (nSPS) is 17.8. The van der Waals surface area contributed by atoms with E-state index in [9.17, 15) is 9.59 Å². The fourth-order valence-electron chi connectivity index (χ4n) is 2.68. The van der Waals surface area contributed by atoms with Crippen LogP contribution in [0, 0.1) is 0 Å². The van der Waals surface area contributed by atoms with Gasteiger partial charge in [0.2, 0.25) is 0 Å². The Labute approximate surface area is 146 Å². The van der Waals surface area contributed by atoms with E-state index in [2.05, 4.69) is 4.98 Å². The molecule has 0 aliphatic carbocycles. The zero-order valence-electron chi connectivity index (χ0n) is 13.0. The van der Waals surface area contributed by atoms with Crippen LogP contribution in [-0.2, 0) is 9.53 Å². The van der Waals surface area contributed by atoms with Gasteiger partial charge in [0.05, 0.1) is 23.4 Å². The lowest BCUT2D eigenvalue weighted by atomic mass is 10.2. The molecule has 128 valence electrons. The monoisotopic (exact) mass is 358 g/mol. The molecule has 0 bridgehead atoms. The first-order valence-corrected chi connectivity index (χ1v) is 8.53. The van der Waals surface area contributed by atoms with Crippen LogP contribution in [-0.4, -0.2) is 52.7 Å². The molecule has 0 saturated carbocycles. The number of para-hydroxylation sites is 1. The second kappa shape index (κ2) is 6.30. The lowest BCUT2D eigenvalue weighted by Gasteiger charge is -2.30. The molecule has 1 aliphatic rings. The Morgan fingerprint density at radius 3 is 2.88 bits per heavy atom. The summed E-state index contributed by atoms with van der Waals surface area (Å²) < 4.78 is 11.9. The highest BCUT2D eigenvalue weighted by atomic mass is 32.1. The average molecular weight is 358 g/mol. The molecule has 1 fully saturated rings.